The SMILES string of the molecule is COC(=O)c1ccccc1NC(=O)[C@H]1CC(=O)N(c2ccc(C)cc2)C1. The standard InChI is InChI=1S/C20H20N2O4/c1-13-7-9-15(10-8-13)22-12-14(11-18(22)23)19(24)21-17-6-4-3-5-16(17)20(25)26-2/h3-10,14H,11-12H2,1-2H3,(H,21,24)/t14-/m0/s1. The molecule has 1 aliphatic rings. The molecule has 134 valence electrons. The topological polar surface area (TPSA) is 75.7 Å². The summed E-state index contributed by atoms with van der Waals surface area (Å²) in [6.45, 7) is 2.29. The van der Waals surface area contributed by atoms with Crippen molar-refractivity contribution >= 4 is 29.2 Å². The average molecular weight is 352 g/mol. The molecule has 0 spiro atoms. The van der Waals surface area contributed by atoms with Crippen molar-refractivity contribution in [3.05, 3.63) is 59.7 Å². The van der Waals surface area contributed by atoms with Gasteiger partial charge in [-0.2, -0.15) is 0 Å². The highest BCUT2D eigenvalue weighted by Crippen LogP contribution is 2.27. The van der Waals surface area contributed by atoms with E-state index in [9.17, 15) is 14.4 Å². The molecular formula is C20H20N2O4. The number of benzene rings is 2. The van der Waals surface area contributed by atoms with Gasteiger partial charge < -0.3 is 15.0 Å². The number of aryl methyl sites for hydroxylation is 1. The molecule has 1 aliphatic heterocycles. The lowest BCUT2D eigenvalue weighted by molar-refractivity contribution is -0.122. The number of nitrogens with zero attached hydrogens (tertiary/aromatic N) is 1. The van der Waals surface area contributed by atoms with Crippen molar-refractivity contribution < 1.29 is 19.1 Å². The van der Waals surface area contributed by atoms with Gasteiger partial charge in [0.05, 0.1) is 24.3 Å². The summed E-state index contributed by atoms with van der Waals surface area (Å²) in [5.74, 6) is -1.38. The van der Waals surface area contributed by atoms with Gasteiger partial charge in [-0.05, 0) is 31.2 Å². The van der Waals surface area contributed by atoms with Crippen LogP contribution in [0.3, 0.4) is 0 Å². The summed E-state index contributed by atoms with van der Waals surface area (Å²) >= 11 is 0. The van der Waals surface area contributed by atoms with Crippen LogP contribution in [0.4, 0.5) is 11.4 Å². The second-order valence-corrected chi connectivity index (χ2v) is 6.27. The summed E-state index contributed by atoms with van der Waals surface area (Å²) in [7, 11) is 1.29. The van der Waals surface area contributed by atoms with Crippen LogP contribution in [0.2, 0.25) is 0 Å². The zero-order chi connectivity index (χ0) is 18.7. The Morgan fingerprint density at radius 2 is 1.81 bits per heavy atom. The summed E-state index contributed by atoms with van der Waals surface area (Å²) in [5.41, 5.74) is 2.55. The van der Waals surface area contributed by atoms with E-state index < -0.39 is 11.9 Å². The van der Waals surface area contributed by atoms with Crippen molar-refractivity contribution in [3.63, 3.8) is 0 Å². The van der Waals surface area contributed by atoms with Gasteiger partial charge in [-0.25, -0.2) is 4.79 Å². The van der Waals surface area contributed by atoms with Crippen LogP contribution in [-0.2, 0) is 14.3 Å². The predicted molar refractivity (Wildman–Crippen MR) is 98.1 cm³/mol. The van der Waals surface area contributed by atoms with Gasteiger partial charge in [-0.3, -0.25) is 9.59 Å². The van der Waals surface area contributed by atoms with Gasteiger partial charge in [0, 0.05) is 18.7 Å². The van der Waals surface area contributed by atoms with Crippen molar-refractivity contribution in [1.82, 2.24) is 0 Å². The third-order valence-electron chi connectivity index (χ3n) is 4.43. The molecular weight excluding hydrogens is 332 g/mol. The van der Waals surface area contributed by atoms with E-state index >= 15 is 0 Å². The third kappa shape index (κ3) is 3.59. The highest BCUT2D eigenvalue weighted by molar-refractivity contribution is 6.06. The summed E-state index contributed by atoms with van der Waals surface area (Å²) in [4.78, 5) is 38.4. The zero-order valence-electron chi connectivity index (χ0n) is 14.7. The lowest BCUT2D eigenvalue weighted by Crippen LogP contribution is -2.28. The van der Waals surface area contributed by atoms with E-state index in [4.69, 9.17) is 4.74 Å². The van der Waals surface area contributed by atoms with Crippen LogP contribution in [0.5, 0.6) is 0 Å². The van der Waals surface area contributed by atoms with Gasteiger partial charge in [-0.1, -0.05) is 29.8 Å². The van der Waals surface area contributed by atoms with Crippen molar-refractivity contribution in [1.29, 1.82) is 0 Å². The van der Waals surface area contributed by atoms with Gasteiger partial charge in [0.25, 0.3) is 0 Å². The summed E-state index contributed by atoms with van der Waals surface area (Å²) < 4.78 is 4.73. The first-order valence-electron chi connectivity index (χ1n) is 8.35. The van der Waals surface area contributed by atoms with Crippen LogP contribution < -0.4 is 10.2 Å². The fourth-order valence-electron chi connectivity index (χ4n) is 2.97. The van der Waals surface area contributed by atoms with Crippen molar-refractivity contribution in [2.75, 3.05) is 23.9 Å². The molecule has 1 atom stereocenters. The van der Waals surface area contributed by atoms with E-state index in [1.165, 1.54) is 7.11 Å². The monoisotopic (exact) mass is 352 g/mol. The Balaban J connectivity index is 1.73. The zero-order valence-corrected chi connectivity index (χ0v) is 14.7. The van der Waals surface area contributed by atoms with Gasteiger partial charge in [0.1, 0.15) is 0 Å². The fraction of sp³-hybridized carbons (Fsp3) is 0.250. The number of anilines is 2. The molecule has 1 heterocycles. The maximum atomic E-state index is 12.6. The predicted octanol–water partition coefficient (Wildman–Crippen LogP) is 2.77. The van der Waals surface area contributed by atoms with Gasteiger partial charge in [0.15, 0.2) is 0 Å². The Morgan fingerprint density at radius 1 is 1.12 bits per heavy atom. The molecule has 0 unspecified atom stereocenters. The number of ether oxygens (including phenoxy) is 1. The normalized spacial score (nSPS) is 16.5. The minimum absolute atomic E-state index is 0.0877. The Kier molecular flexibility index (Phi) is 5.02. The van der Waals surface area contributed by atoms with Crippen LogP contribution in [0, 0.1) is 12.8 Å². The Hall–Kier alpha value is -3.15. The number of carbonyl (C=O) groups excluding carboxylic acids is 3. The molecule has 2 aromatic carbocycles. The molecule has 0 bridgehead atoms. The summed E-state index contributed by atoms with van der Waals surface area (Å²) in [6.07, 6.45) is 0.139. The summed E-state index contributed by atoms with van der Waals surface area (Å²) in [5, 5.41) is 2.75. The number of nitrogens with one attached hydrogen (secondary N) is 1. The highest BCUT2D eigenvalue weighted by atomic mass is 16.5. The van der Waals surface area contributed by atoms with Crippen LogP contribution in [0.25, 0.3) is 0 Å². The maximum absolute atomic E-state index is 12.6. The molecule has 3 rings (SSSR count). The number of carbonyl (C=O) groups is 3. The summed E-state index contributed by atoms with van der Waals surface area (Å²) in [6, 6.07) is 14.3. The number of para-hydroxylation sites is 1. The number of esters is 1. The van der Waals surface area contributed by atoms with Crippen LogP contribution in [0.15, 0.2) is 48.5 Å². The minimum Gasteiger partial charge on any atom is -0.465 e. The van der Waals surface area contributed by atoms with Crippen molar-refractivity contribution in [3.8, 4) is 0 Å². The molecule has 0 saturated carbocycles. The lowest BCUT2D eigenvalue weighted by atomic mass is 10.1. The fourth-order valence-corrected chi connectivity index (χ4v) is 2.97. The molecule has 2 aromatic rings. The van der Waals surface area contributed by atoms with Crippen LogP contribution >= 0.6 is 0 Å². The third-order valence-corrected chi connectivity index (χ3v) is 4.43. The van der Waals surface area contributed by atoms with Crippen LogP contribution in [0.1, 0.15) is 22.3 Å². The first-order valence-corrected chi connectivity index (χ1v) is 8.35. The van der Waals surface area contributed by atoms with E-state index in [2.05, 4.69) is 5.32 Å². The van der Waals surface area contributed by atoms with Crippen molar-refractivity contribution in [2.24, 2.45) is 5.92 Å². The number of methoxy groups -OCH3 is 1. The van der Waals surface area contributed by atoms with E-state index in [0.717, 1.165) is 11.3 Å². The first kappa shape index (κ1) is 17.7. The minimum atomic E-state index is -0.523. The average Bonchev–Trinajstić information content (AvgIpc) is 3.04. The Labute approximate surface area is 151 Å². The van der Waals surface area contributed by atoms with E-state index in [1.807, 2.05) is 31.2 Å². The molecule has 2 amide bonds. The lowest BCUT2D eigenvalue weighted by Gasteiger charge is -2.17. The largest absolute Gasteiger partial charge is 0.465 e. The molecule has 1 fully saturated rings. The molecule has 0 aromatic heterocycles. The Bertz CT molecular complexity index is 845. The molecule has 0 aliphatic carbocycles. The molecule has 1 N–H and O–H groups in total. The van der Waals surface area contributed by atoms with E-state index in [-0.39, 0.29) is 23.8 Å². The molecule has 0 radical (unpaired) electrons. The number of hydrogen-bond acceptors (Lipinski definition) is 4. The molecule has 6 nitrogen and oxygen atoms in total. The molecule has 26 heavy (non-hydrogen) atoms. The number of amides is 2. The quantitative estimate of drug-likeness (QED) is 0.859. The van der Waals surface area contributed by atoms with E-state index in [1.54, 1.807) is 29.2 Å². The smallest absolute Gasteiger partial charge is 0.339 e. The second-order valence-electron chi connectivity index (χ2n) is 6.27. The van der Waals surface area contributed by atoms with Crippen LogP contribution in [-0.4, -0.2) is 31.4 Å². The first-order chi connectivity index (χ1) is 12.5. The van der Waals surface area contributed by atoms with Gasteiger partial charge in [-0.15, -0.1) is 0 Å². The van der Waals surface area contributed by atoms with Crippen molar-refractivity contribution in [2.45, 2.75) is 13.3 Å². The highest BCUT2D eigenvalue weighted by Gasteiger charge is 2.35. The number of rotatable bonds is 4. The maximum Gasteiger partial charge on any atom is 0.339 e. The molecule has 1 saturated heterocycles. The van der Waals surface area contributed by atoms with Gasteiger partial charge in [0.2, 0.25) is 11.8 Å². The number of hydrogen-bond donors (Lipinski definition) is 1. The van der Waals surface area contributed by atoms with E-state index in [0.29, 0.717) is 12.2 Å². The second kappa shape index (κ2) is 7.39. The van der Waals surface area contributed by atoms with Gasteiger partial charge >= 0.3 is 5.97 Å². The Morgan fingerprint density at radius 3 is 2.50 bits per heavy atom. The molecule has 6 heteroatoms.